The monoisotopic (exact) mass is 334 g/mol. The second-order valence-corrected chi connectivity index (χ2v) is 9.01. The number of rotatable bonds is 11. The summed E-state index contributed by atoms with van der Waals surface area (Å²) in [5, 5.41) is 0. The average Bonchev–Trinajstić information content (AvgIpc) is 2.94. The van der Waals surface area contributed by atoms with Gasteiger partial charge in [0.25, 0.3) is 0 Å². The molecule has 0 bridgehead atoms. The number of H-pyrrole nitrogens is 1. The fourth-order valence-corrected chi connectivity index (χ4v) is 3.84. The number of nitrogens with zero attached hydrogens (tertiary/aromatic N) is 1. The third kappa shape index (κ3) is 5.36. The van der Waals surface area contributed by atoms with Gasteiger partial charge < -0.3 is 4.98 Å². The van der Waals surface area contributed by atoms with Crippen LogP contribution in [0.3, 0.4) is 0 Å². The minimum atomic E-state index is 0.132. The quantitative estimate of drug-likeness (QED) is 0.424. The van der Waals surface area contributed by atoms with E-state index in [-0.39, 0.29) is 10.8 Å². The molecule has 0 saturated heterocycles. The highest BCUT2D eigenvalue weighted by Crippen LogP contribution is 2.37. The van der Waals surface area contributed by atoms with E-state index in [9.17, 15) is 0 Å². The van der Waals surface area contributed by atoms with E-state index in [1.807, 2.05) is 0 Å². The van der Waals surface area contributed by atoms with Gasteiger partial charge in [-0.05, 0) is 25.2 Å². The number of hydrogen-bond donors (Lipinski definition) is 1. The first kappa shape index (κ1) is 21.3. The maximum atomic E-state index is 5.20. The lowest BCUT2D eigenvalue weighted by Crippen LogP contribution is -2.22. The molecule has 0 aliphatic rings. The Labute approximate surface area is 151 Å². The van der Waals surface area contributed by atoms with Crippen LogP contribution in [0.25, 0.3) is 0 Å². The summed E-state index contributed by atoms with van der Waals surface area (Å²) in [7, 11) is 0. The zero-order chi connectivity index (χ0) is 18.4. The van der Waals surface area contributed by atoms with Gasteiger partial charge in [0.2, 0.25) is 0 Å². The van der Waals surface area contributed by atoms with E-state index in [0.29, 0.717) is 5.92 Å². The van der Waals surface area contributed by atoms with Crippen LogP contribution in [0, 0.1) is 0 Å². The van der Waals surface area contributed by atoms with Gasteiger partial charge >= 0.3 is 0 Å². The maximum Gasteiger partial charge on any atom is 0.112 e. The molecule has 140 valence electrons. The first-order valence-electron chi connectivity index (χ1n) is 10.3. The molecular formula is C22H42N2. The summed E-state index contributed by atoms with van der Waals surface area (Å²) in [4.78, 5) is 8.98. The lowest BCUT2D eigenvalue weighted by atomic mass is 9.80. The number of unbranched alkanes of at least 4 members (excludes halogenated alkanes) is 2. The Balaban J connectivity index is 3.22. The Morgan fingerprint density at radius 1 is 0.875 bits per heavy atom. The highest BCUT2D eigenvalue weighted by atomic mass is 15.0. The average molecular weight is 335 g/mol. The second-order valence-electron chi connectivity index (χ2n) is 9.01. The van der Waals surface area contributed by atoms with Crippen LogP contribution >= 0.6 is 0 Å². The molecule has 0 radical (unpaired) electrons. The van der Waals surface area contributed by atoms with E-state index in [4.69, 9.17) is 4.98 Å². The molecule has 1 atom stereocenters. The summed E-state index contributed by atoms with van der Waals surface area (Å²) in [6, 6.07) is 0. The third-order valence-electron chi connectivity index (χ3n) is 5.51. The van der Waals surface area contributed by atoms with Crippen molar-refractivity contribution in [1.82, 2.24) is 9.97 Å². The molecule has 1 aromatic rings. The fourth-order valence-electron chi connectivity index (χ4n) is 3.84. The molecule has 0 fully saturated rings. The summed E-state index contributed by atoms with van der Waals surface area (Å²) in [5.41, 5.74) is 3.02. The fraction of sp³-hybridized carbons (Fsp3) is 0.864. The Bertz CT molecular complexity index is 482. The molecule has 2 nitrogen and oxygen atoms in total. The van der Waals surface area contributed by atoms with Gasteiger partial charge in [-0.2, -0.15) is 0 Å². The van der Waals surface area contributed by atoms with Crippen LogP contribution < -0.4 is 0 Å². The van der Waals surface area contributed by atoms with E-state index in [0.717, 1.165) is 0 Å². The molecular weight excluding hydrogens is 292 g/mol. The minimum Gasteiger partial charge on any atom is -0.345 e. The first-order chi connectivity index (χ1) is 11.2. The van der Waals surface area contributed by atoms with Crippen LogP contribution in [0.15, 0.2) is 0 Å². The van der Waals surface area contributed by atoms with Crippen LogP contribution in [-0.2, 0) is 10.8 Å². The van der Waals surface area contributed by atoms with Crippen molar-refractivity contribution in [2.45, 2.75) is 124 Å². The molecule has 0 amide bonds. The van der Waals surface area contributed by atoms with E-state index >= 15 is 0 Å². The normalized spacial score (nSPS) is 14.2. The van der Waals surface area contributed by atoms with Gasteiger partial charge in [0.1, 0.15) is 5.82 Å². The summed E-state index contributed by atoms with van der Waals surface area (Å²) in [6.07, 6.45) is 9.96. The molecule has 0 aromatic carbocycles. The minimum absolute atomic E-state index is 0.132. The van der Waals surface area contributed by atoms with Crippen LogP contribution in [-0.4, -0.2) is 9.97 Å². The molecule has 0 saturated carbocycles. The van der Waals surface area contributed by atoms with Crippen LogP contribution in [0.4, 0.5) is 0 Å². The summed E-state index contributed by atoms with van der Waals surface area (Å²) in [6.45, 7) is 18.6. The Morgan fingerprint density at radius 3 is 2.08 bits per heavy atom. The molecule has 1 unspecified atom stereocenters. The van der Waals surface area contributed by atoms with Crippen LogP contribution in [0.1, 0.15) is 130 Å². The Hall–Kier alpha value is -0.790. The maximum absolute atomic E-state index is 5.20. The number of hydrogen-bond acceptors (Lipinski definition) is 1. The summed E-state index contributed by atoms with van der Waals surface area (Å²) >= 11 is 0. The van der Waals surface area contributed by atoms with Crippen molar-refractivity contribution in [2.24, 2.45) is 0 Å². The van der Waals surface area contributed by atoms with E-state index in [2.05, 4.69) is 60.4 Å². The van der Waals surface area contributed by atoms with Crippen molar-refractivity contribution >= 4 is 0 Å². The van der Waals surface area contributed by atoms with Crippen molar-refractivity contribution < 1.29 is 0 Å². The molecule has 1 rings (SSSR count). The molecule has 1 aromatic heterocycles. The SMILES string of the molecule is CCCCCC(C)(C)c1nc(C(C)(C)CCC)[nH]c1C(C)CCC. The van der Waals surface area contributed by atoms with Gasteiger partial charge in [-0.25, -0.2) is 4.98 Å². The third-order valence-corrected chi connectivity index (χ3v) is 5.51. The molecule has 24 heavy (non-hydrogen) atoms. The van der Waals surface area contributed by atoms with Gasteiger partial charge in [0, 0.05) is 16.5 Å². The van der Waals surface area contributed by atoms with Crippen molar-refractivity contribution in [3.63, 3.8) is 0 Å². The van der Waals surface area contributed by atoms with Gasteiger partial charge in [-0.15, -0.1) is 0 Å². The molecule has 0 aliphatic heterocycles. The second kappa shape index (κ2) is 9.06. The molecule has 1 heterocycles. The summed E-state index contributed by atoms with van der Waals surface area (Å²) in [5.74, 6) is 1.76. The van der Waals surface area contributed by atoms with Crippen molar-refractivity contribution in [3.05, 3.63) is 17.2 Å². The first-order valence-corrected chi connectivity index (χ1v) is 10.3. The standard InChI is InChI=1S/C22H42N2/c1-9-12-13-16-21(5,6)19-18(17(4)14-10-2)23-20(24-19)22(7,8)15-11-3/h17H,9-16H2,1-8H3,(H,23,24). The highest BCUT2D eigenvalue weighted by molar-refractivity contribution is 5.28. The van der Waals surface area contributed by atoms with Crippen molar-refractivity contribution in [3.8, 4) is 0 Å². The predicted octanol–water partition coefficient (Wildman–Crippen LogP) is 7.25. The lowest BCUT2D eigenvalue weighted by Gasteiger charge is -2.26. The molecule has 0 spiro atoms. The number of aromatic nitrogens is 2. The van der Waals surface area contributed by atoms with Gasteiger partial charge in [0.05, 0.1) is 5.69 Å². The lowest BCUT2D eigenvalue weighted by molar-refractivity contribution is 0.424. The Kier molecular flexibility index (Phi) is 8.02. The number of imidazole rings is 1. The van der Waals surface area contributed by atoms with Crippen molar-refractivity contribution in [1.29, 1.82) is 0 Å². The van der Waals surface area contributed by atoms with Crippen LogP contribution in [0.2, 0.25) is 0 Å². The number of aromatic amines is 1. The number of nitrogens with one attached hydrogen (secondary N) is 1. The van der Waals surface area contributed by atoms with E-state index in [1.165, 1.54) is 68.6 Å². The van der Waals surface area contributed by atoms with Gasteiger partial charge in [-0.3, -0.25) is 0 Å². The zero-order valence-corrected chi connectivity index (χ0v) is 17.7. The highest BCUT2D eigenvalue weighted by Gasteiger charge is 2.32. The Morgan fingerprint density at radius 2 is 1.54 bits per heavy atom. The van der Waals surface area contributed by atoms with E-state index in [1.54, 1.807) is 0 Å². The summed E-state index contributed by atoms with van der Waals surface area (Å²) < 4.78 is 0. The van der Waals surface area contributed by atoms with Crippen molar-refractivity contribution in [2.75, 3.05) is 0 Å². The van der Waals surface area contributed by atoms with E-state index < -0.39 is 0 Å². The van der Waals surface area contributed by atoms with Crippen LogP contribution in [0.5, 0.6) is 0 Å². The molecule has 1 N–H and O–H groups in total. The largest absolute Gasteiger partial charge is 0.345 e. The molecule has 2 heteroatoms. The van der Waals surface area contributed by atoms with Gasteiger partial charge in [-0.1, -0.05) is 87.5 Å². The smallest absolute Gasteiger partial charge is 0.112 e. The zero-order valence-electron chi connectivity index (χ0n) is 17.7. The predicted molar refractivity (Wildman–Crippen MR) is 107 cm³/mol. The van der Waals surface area contributed by atoms with Gasteiger partial charge in [0.15, 0.2) is 0 Å². The molecule has 0 aliphatic carbocycles. The topological polar surface area (TPSA) is 28.7 Å².